The van der Waals surface area contributed by atoms with Crippen molar-refractivity contribution in [2.75, 3.05) is 13.1 Å². The van der Waals surface area contributed by atoms with Crippen LogP contribution in [0.25, 0.3) is 0 Å². The van der Waals surface area contributed by atoms with Crippen LogP contribution in [0.4, 0.5) is 0 Å². The number of nitrogens with one attached hydrogen (secondary N) is 1. The third kappa shape index (κ3) is 5.93. The first-order chi connectivity index (χ1) is 14.5. The van der Waals surface area contributed by atoms with Crippen molar-refractivity contribution in [3.8, 4) is 0 Å². The first-order valence-electron chi connectivity index (χ1n) is 9.80. The second-order valence-electron chi connectivity index (χ2n) is 7.30. The Bertz CT molecular complexity index is 1170. The van der Waals surface area contributed by atoms with Gasteiger partial charge >= 0.3 is 29.6 Å². The van der Waals surface area contributed by atoms with E-state index in [1.54, 1.807) is 18.2 Å². The second kappa shape index (κ2) is 10.7. The zero-order valence-corrected chi connectivity index (χ0v) is 20.9. The average molecular weight is 464 g/mol. The quantitative estimate of drug-likeness (QED) is 0.397. The molecule has 1 N–H and O–H groups in total. The Morgan fingerprint density at radius 2 is 1.71 bits per heavy atom. The van der Waals surface area contributed by atoms with E-state index in [4.69, 9.17) is 12.2 Å². The molecule has 0 radical (unpaired) electrons. The number of thiocarbonyl (C=S) groups is 1. The molecule has 10 heteroatoms. The van der Waals surface area contributed by atoms with E-state index in [9.17, 15) is 8.42 Å². The summed E-state index contributed by atoms with van der Waals surface area (Å²) in [5.41, 5.74) is 1.64. The number of aromatic nitrogens is 3. The molecule has 2 aromatic carbocycles. The van der Waals surface area contributed by atoms with Crippen molar-refractivity contribution in [1.82, 2.24) is 20.3 Å². The zero-order valence-electron chi connectivity index (χ0n) is 17.3. The van der Waals surface area contributed by atoms with Crippen LogP contribution in [0.2, 0.25) is 0 Å². The molecule has 31 heavy (non-hydrogen) atoms. The Labute approximate surface area is 209 Å². The fourth-order valence-corrected chi connectivity index (χ4v) is 4.91. The molecule has 0 amide bonds. The summed E-state index contributed by atoms with van der Waals surface area (Å²) in [6.07, 6.45) is 3.09. The molecule has 4 rings (SSSR count). The van der Waals surface area contributed by atoms with Gasteiger partial charge < -0.3 is 10.1 Å². The van der Waals surface area contributed by atoms with Crippen molar-refractivity contribution in [3.63, 3.8) is 0 Å². The largest absolute Gasteiger partial charge is 1.00 e. The predicted octanol–water partition coefficient (Wildman–Crippen LogP) is -0.709. The molecule has 2 heterocycles. The number of benzene rings is 2. The maximum Gasteiger partial charge on any atom is 1.00 e. The van der Waals surface area contributed by atoms with Crippen molar-refractivity contribution >= 4 is 27.2 Å². The van der Waals surface area contributed by atoms with Gasteiger partial charge in [0.1, 0.15) is 4.99 Å². The van der Waals surface area contributed by atoms with Crippen LogP contribution in [-0.4, -0.2) is 41.7 Å². The van der Waals surface area contributed by atoms with Crippen LogP contribution in [0.3, 0.4) is 0 Å². The van der Waals surface area contributed by atoms with Gasteiger partial charge in [-0.15, -0.1) is 0 Å². The fourth-order valence-electron chi connectivity index (χ4n) is 3.63. The van der Waals surface area contributed by atoms with E-state index in [0.717, 1.165) is 32.4 Å². The molecule has 1 saturated heterocycles. The predicted molar refractivity (Wildman–Crippen MR) is 117 cm³/mol. The molecule has 1 aliphatic heterocycles. The van der Waals surface area contributed by atoms with E-state index < -0.39 is 10.0 Å². The van der Waals surface area contributed by atoms with Crippen LogP contribution >= 0.6 is 12.2 Å². The number of sulfonamides is 1. The minimum Gasteiger partial charge on any atom is -0.362 e. The van der Waals surface area contributed by atoms with Crippen molar-refractivity contribution in [2.45, 2.75) is 24.2 Å². The van der Waals surface area contributed by atoms with Crippen molar-refractivity contribution in [1.29, 1.82) is 0 Å². The molecule has 0 saturated carbocycles. The van der Waals surface area contributed by atoms with Gasteiger partial charge in [0.25, 0.3) is 0 Å². The Balaban J connectivity index is 0.00000272. The molecule has 0 spiro atoms. The first kappa shape index (κ1) is 23.9. The Morgan fingerprint density at radius 1 is 1.10 bits per heavy atom. The summed E-state index contributed by atoms with van der Waals surface area (Å²) >= 11 is 5.60. The van der Waals surface area contributed by atoms with Gasteiger partial charge in [-0.2, -0.15) is 0 Å². The third-order valence-electron chi connectivity index (χ3n) is 5.25. The molecule has 0 aliphatic carbocycles. The summed E-state index contributed by atoms with van der Waals surface area (Å²) in [6.45, 7) is 1.60. The van der Waals surface area contributed by atoms with Crippen LogP contribution < -0.4 is 40.1 Å². The van der Waals surface area contributed by atoms with Gasteiger partial charge in [-0.05, 0) is 42.9 Å². The number of nitrogens with zero attached hydrogens (tertiary/aromatic N) is 4. The smallest absolute Gasteiger partial charge is 0.362 e. The Hall–Kier alpha value is -1.78. The maximum atomic E-state index is 12.6. The standard InChI is InChI=1S/C21H23N5O2S2.Na/c27-30(28,18-9-5-2-6-10-18)24-20-19(22-25-23-20)21(29)26-13-11-17(12-14-26)15-16-7-3-1-4-8-16;/h1-10,17H,11-15H2,(H2,22,23,24,25,29);/q;+1/p-1. The summed E-state index contributed by atoms with van der Waals surface area (Å²) in [7, 11) is -3.89. The van der Waals surface area contributed by atoms with Crippen LogP contribution in [0, 0.1) is 5.92 Å². The topological polar surface area (TPSA) is 92.5 Å². The molecule has 7 nitrogen and oxygen atoms in total. The number of hydrogen-bond acceptors (Lipinski definition) is 4. The van der Waals surface area contributed by atoms with Gasteiger partial charge in [0.2, 0.25) is 10.0 Å². The molecule has 1 aliphatic rings. The fraction of sp³-hybridized carbons (Fsp3) is 0.286. The van der Waals surface area contributed by atoms with Gasteiger partial charge in [0.15, 0.2) is 0 Å². The summed E-state index contributed by atoms with van der Waals surface area (Å²) in [5, 5.41) is 10.5. The van der Waals surface area contributed by atoms with Crippen LogP contribution in [0.5, 0.6) is 0 Å². The van der Waals surface area contributed by atoms with E-state index in [0.29, 0.717) is 16.6 Å². The van der Waals surface area contributed by atoms with E-state index in [1.807, 2.05) is 6.07 Å². The molecule has 0 unspecified atom stereocenters. The van der Waals surface area contributed by atoms with Crippen molar-refractivity contribution < 1.29 is 38.0 Å². The van der Waals surface area contributed by atoms with Gasteiger partial charge in [-0.25, -0.2) is 8.42 Å². The van der Waals surface area contributed by atoms with E-state index in [1.165, 1.54) is 17.7 Å². The molecule has 1 fully saturated rings. The monoisotopic (exact) mass is 463 g/mol. The van der Waals surface area contributed by atoms with Crippen molar-refractivity contribution in [2.24, 2.45) is 10.3 Å². The van der Waals surface area contributed by atoms with Crippen LogP contribution in [0.1, 0.15) is 24.1 Å². The van der Waals surface area contributed by atoms with Gasteiger partial charge in [-0.3, -0.25) is 14.6 Å². The van der Waals surface area contributed by atoms with E-state index in [-0.39, 0.29) is 39.9 Å². The number of H-pyrrole nitrogens is 1. The first-order valence-corrected chi connectivity index (χ1v) is 11.6. The summed E-state index contributed by atoms with van der Waals surface area (Å²) in [6, 6.07) is 18.5. The second-order valence-corrected chi connectivity index (χ2v) is 9.29. The van der Waals surface area contributed by atoms with E-state index in [2.05, 4.69) is 49.0 Å². The SMILES string of the molecule is O=S(=O)(N=c1[n-][nH]nc1C(=S)N1CCC(Cc2ccccc2)CC1)c1ccccc1.[Na+]. The molecule has 0 bridgehead atoms. The maximum absolute atomic E-state index is 12.6. The summed E-state index contributed by atoms with van der Waals surface area (Å²) in [5.74, 6) is 0.603. The molecule has 3 aromatic rings. The van der Waals surface area contributed by atoms with Gasteiger partial charge in [0.05, 0.1) is 16.1 Å². The number of piperidine rings is 1. The van der Waals surface area contributed by atoms with Crippen LogP contribution in [-0.2, 0) is 16.4 Å². The van der Waals surface area contributed by atoms with Gasteiger partial charge in [0, 0.05) is 13.1 Å². The number of aromatic amines is 1. The normalized spacial score (nSPS) is 15.5. The average Bonchev–Trinajstić information content (AvgIpc) is 3.22. The minimum absolute atomic E-state index is 0. The van der Waals surface area contributed by atoms with Crippen molar-refractivity contribution in [3.05, 3.63) is 77.4 Å². The zero-order chi connectivity index (χ0) is 21.0. The summed E-state index contributed by atoms with van der Waals surface area (Å²) < 4.78 is 29.0. The molecule has 156 valence electrons. The molecule has 1 aromatic heterocycles. The number of likely N-dealkylation sites (tertiary alicyclic amines) is 1. The van der Waals surface area contributed by atoms with Crippen LogP contribution in [0.15, 0.2) is 70.0 Å². The third-order valence-corrected chi connectivity index (χ3v) is 6.98. The molecular weight excluding hydrogens is 441 g/mol. The summed E-state index contributed by atoms with van der Waals surface area (Å²) in [4.78, 5) is 2.64. The van der Waals surface area contributed by atoms with E-state index >= 15 is 0 Å². The molecular formula is C21H22N5NaO2S2. The minimum atomic E-state index is -3.89. The number of rotatable bonds is 5. The number of hydrogen-bond donors (Lipinski definition) is 1. The Morgan fingerprint density at radius 3 is 2.35 bits per heavy atom. The Kier molecular flexibility index (Phi) is 8.23. The molecule has 0 atom stereocenters. The van der Waals surface area contributed by atoms with Gasteiger partial charge in [-0.1, -0.05) is 60.7 Å².